The monoisotopic (exact) mass is 334 g/mol. The molecule has 3 aromatic rings. The van der Waals surface area contributed by atoms with Gasteiger partial charge in [-0.25, -0.2) is 9.97 Å². The van der Waals surface area contributed by atoms with Gasteiger partial charge in [-0.3, -0.25) is 14.8 Å². The van der Waals surface area contributed by atoms with Crippen LogP contribution in [0.1, 0.15) is 0 Å². The minimum absolute atomic E-state index is 0.149. The maximum absolute atomic E-state index is 12.1. The second-order valence-corrected chi connectivity index (χ2v) is 5.85. The Morgan fingerprint density at radius 3 is 2.40 bits per heavy atom. The highest BCUT2D eigenvalue weighted by molar-refractivity contribution is 5.59. The van der Waals surface area contributed by atoms with Crippen LogP contribution < -0.4 is 15.4 Å². The van der Waals surface area contributed by atoms with Gasteiger partial charge in [0, 0.05) is 56.4 Å². The lowest BCUT2D eigenvalue weighted by molar-refractivity contribution is 0.634. The highest BCUT2D eigenvalue weighted by atomic mass is 16.1. The number of H-pyrrole nitrogens is 1. The fraction of sp³-hybridized carbons (Fsp3) is 0.222. The molecule has 0 bridgehead atoms. The summed E-state index contributed by atoms with van der Waals surface area (Å²) in [6.45, 7) is 3.22. The van der Waals surface area contributed by atoms with Crippen molar-refractivity contribution in [3.05, 3.63) is 65.3 Å². The van der Waals surface area contributed by atoms with E-state index in [4.69, 9.17) is 0 Å². The Kier molecular flexibility index (Phi) is 4.12. The molecule has 1 aliphatic heterocycles. The van der Waals surface area contributed by atoms with Gasteiger partial charge in [-0.05, 0) is 24.3 Å². The zero-order valence-corrected chi connectivity index (χ0v) is 13.7. The third kappa shape index (κ3) is 3.35. The molecule has 7 heteroatoms. The van der Waals surface area contributed by atoms with Crippen molar-refractivity contribution < 1.29 is 0 Å². The van der Waals surface area contributed by atoms with Gasteiger partial charge >= 0.3 is 0 Å². The van der Waals surface area contributed by atoms with Crippen molar-refractivity contribution in [3.63, 3.8) is 0 Å². The molecule has 4 rings (SSSR count). The summed E-state index contributed by atoms with van der Waals surface area (Å²) in [7, 11) is 0. The lowest BCUT2D eigenvalue weighted by Crippen LogP contribution is -2.47. The van der Waals surface area contributed by atoms with Crippen LogP contribution in [-0.2, 0) is 0 Å². The number of hydrogen-bond acceptors (Lipinski definition) is 6. The zero-order chi connectivity index (χ0) is 17.1. The van der Waals surface area contributed by atoms with Crippen molar-refractivity contribution in [2.24, 2.45) is 0 Å². The molecule has 0 aliphatic carbocycles. The van der Waals surface area contributed by atoms with Gasteiger partial charge in [0.05, 0.1) is 5.69 Å². The number of pyridine rings is 2. The minimum atomic E-state index is -0.149. The van der Waals surface area contributed by atoms with E-state index in [0.717, 1.165) is 37.6 Å². The van der Waals surface area contributed by atoms with Crippen LogP contribution in [0, 0.1) is 0 Å². The zero-order valence-electron chi connectivity index (χ0n) is 13.7. The average Bonchev–Trinajstić information content (AvgIpc) is 2.69. The van der Waals surface area contributed by atoms with Crippen molar-refractivity contribution in [3.8, 4) is 11.3 Å². The van der Waals surface area contributed by atoms with Crippen LogP contribution in [0.15, 0.2) is 59.8 Å². The number of rotatable bonds is 3. The first kappa shape index (κ1) is 15.3. The highest BCUT2D eigenvalue weighted by Crippen LogP contribution is 2.19. The molecule has 0 atom stereocenters. The molecule has 0 saturated carbocycles. The highest BCUT2D eigenvalue weighted by Gasteiger charge is 2.20. The molecule has 7 nitrogen and oxygen atoms in total. The number of nitrogens with zero attached hydrogens (tertiary/aromatic N) is 5. The van der Waals surface area contributed by atoms with Gasteiger partial charge in [0.2, 0.25) is 5.95 Å². The molecular weight excluding hydrogens is 316 g/mol. The third-order valence-electron chi connectivity index (χ3n) is 4.26. The Balaban J connectivity index is 1.53. The quantitative estimate of drug-likeness (QED) is 0.783. The molecule has 0 spiro atoms. The first-order valence-corrected chi connectivity index (χ1v) is 8.22. The summed E-state index contributed by atoms with van der Waals surface area (Å²) in [6, 6.07) is 11.1. The van der Waals surface area contributed by atoms with E-state index in [9.17, 15) is 4.79 Å². The molecule has 4 heterocycles. The van der Waals surface area contributed by atoms with E-state index in [2.05, 4.69) is 29.7 Å². The van der Waals surface area contributed by atoms with Gasteiger partial charge in [0.1, 0.15) is 5.82 Å². The third-order valence-corrected chi connectivity index (χ3v) is 4.26. The molecule has 126 valence electrons. The summed E-state index contributed by atoms with van der Waals surface area (Å²) in [5, 5.41) is 0. The Morgan fingerprint density at radius 2 is 1.68 bits per heavy atom. The lowest BCUT2D eigenvalue weighted by Gasteiger charge is -2.35. The second kappa shape index (κ2) is 6.72. The van der Waals surface area contributed by atoms with Crippen molar-refractivity contribution in [1.29, 1.82) is 0 Å². The van der Waals surface area contributed by atoms with Crippen LogP contribution in [-0.4, -0.2) is 46.1 Å². The molecule has 1 aliphatic rings. The molecule has 0 amide bonds. The first-order valence-electron chi connectivity index (χ1n) is 8.22. The van der Waals surface area contributed by atoms with Gasteiger partial charge in [-0.15, -0.1) is 0 Å². The normalized spacial score (nSPS) is 14.6. The van der Waals surface area contributed by atoms with Gasteiger partial charge < -0.3 is 9.80 Å². The topological polar surface area (TPSA) is 78.0 Å². The Morgan fingerprint density at radius 1 is 0.920 bits per heavy atom. The summed E-state index contributed by atoms with van der Waals surface area (Å²) in [6.07, 6.45) is 5.20. The van der Waals surface area contributed by atoms with E-state index in [1.165, 1.54) is 6.07 Å². The van der Waals surface area contributed by atoms with Gasteiger partial charge in [0.15, 0.2) is 0 Å². The Labute approximate surface area is 145 Å². The number of hydrogen-bond donors (Lipinski definition) is 1. The number of nitrogens with one attached hydrogen (secondary N) is 1. The SMILES string of the molecule is O=c1cc(-c2ccncc2)nc(N2CCN(c3ccccn3)CC2)[nH]1. The minimum Gasteiger partial charge on any atom is -0.353 e. The largest absolute Gasteiger partial charge is 0.353 e. The predicted molar refractivity (Wildman–Crippen MR) is 96.8 cm³/mol. The molecule has 0 aromatic carbocycles. The van der Waals surface area contributed by atoms with Crippen LogP contribution in [0.3, 0.4) is 0 Å². The van der Waals surface area contributed by atoms with E-state index >= 15 is 0 Å². The summed E-state index contributed by atoms with van der Waals surface area (Å²) >= 11 is 0. The predicted octanol–water partition coefficient (Wildman–Crippen LogP) is 1.55. The molecule has 1 N–H and O–H groups in total. The van der Waals surface area contributed by atoms with E-state index in [1.807, 2.05) is 30.3 Å². The van der Waals surface area contributed by atoms with Crippen molar-refractivity contribution in [1.82, 2.24) is 19.9 Å². The number of aromatic nitrogens is 4. The average molecular weight is 334 g/mol. The first-order chi connectivity index (χ1) is 12.3. The van der Waals surface area contributed by atoms with Crippen LogP contribution >= 0.6 is 0 Å². The van der Waals surface area contributed by atoms with Crippen molar-refractivity contribution >= 4 is 11.8 Å². The van der Waals surface area contributed by atoms with Crippen molar-refractivity contribution in [2.45, 2.75) is 0 Å². The fourth-order valence-corrected chi connectivity index (χ4v) is 2.95. The second-order valence-electron chi connectivity index (χ2n) is 5.85. The molecule has 0 radical (unpaired) electrons. The van der Waals surface area contributed by atoms with Crippen LogP contribution in [0.2, 0.25) is 0 Å². The van der Waals surface area contributed by atoms with Crippen molar-refractivity contribution in [2.75, 3.05) is 36.0 Å². The Bertz CT molecular complexity index is 888. The summed E-state index contributed by atoms with van der Waals surface area (Å²) in [4.78, 5) is 32.3. The standard InChI is InChI=1S/C18H18N6O/c25-17-13-15(14-4-7-19-8-5-14)21-18(22-17)24-11-9-23(10-12-24)16-3-1-2-6-20-16/h1-8,13H,9-12H2,(H,21,22,25). The maximum Gasteiger partial charge on any atom is 0.252 e. The molecular formula is C18H18N6O. The molecule has 0 unspecified atom stereocenters. The van der Waals surface area contributed by atoms with Crippen LogP contribution in [0.25, 0.3) is 11.3 Å². The Hall–Kier alpha value is -3.22. The maximum atomic E-state index is 12.1. The lowest BCUT2D eigenvalue weighted by atomic mass is 10.2. The molecule has 1 saturated heterocycles. The summed E-state index contributed by atoms with van der Waals surface area (Å²) in [5.41, 5.74) is 1.40. The molecule has 25 heavy (non-hydrogen) atoms. The van der Waals surface area contributed by atoms with Gasteiger partial charge in [-0.1, -0.05) is 6.07 Å². The van der Waals surface area contributed by atoms with E-state index < -0.39 is 0 Å². The van der Waals surface area contributed by atoms with Crippen LogP contribution in [0.4, 0.5) is 11.8 Å². The van der Waals surface area contributed by atoms with Gasteiger partial charge in [-0.2, -0.15) is 0 Å². The van der Waals surface area contributed by atoms with Gasteiger partial charge in [0.25, 0.3) is 5.56 Å². The number of aromatic amines is 1. The smallest absolute Gasteiger partial charge is 0.252 e. The molecule has 3 aromatic heterocycles. The van der Waals surface area contributed by atoms with E-state index in [0.29, 0.717) is 11.6 Å². The van der Waals surface area contributed by atoms with E-state index in [-0.39, 0.29) is 5.56 Å². The number of anilines is 2. The fourth-order valence-electron chi connectivity index (χ4n) is 2.95. The van der Waals surface area contributed by atoms with Crippen LogP contribution in [0.5, 0.6) is 0 Å². The van der Waals surface area contributed by atoms with E-state index in [1.54, 1.807) is 18.6 Å². The molecule has 1 fully saturated rings. The summed E-state index contributed by atoms with van der Waals surface area (Å²) < 4.78 is 0. The summed E-state index contributed by atoms with van der Waals surface area (Å²) in [5.74, 6) is 1.59. The number of piperazine rings is 1.